The highest BCUT2D eigenvalue weighted by Crippen LogP contribution is 2.29. The predicted octanol–water partition coefficient (Wildman–Crippen LogP) is 2.22. The number of rotatable bonds is 7. The number of hydrogen-bond acceptors (Lipinski definition) is 5. The topological polar surface area (TPSA) is 79.9 Å². The molecule has 154 valence electrons. The van der Waals surface area contributed by atoms with E-state index in [0.717, 1.165) is 37.4 Å². The number of methoxy groups -OCH3 is 2. The fourth-order valence-electron chi connectivity index (χ4n) is 3.46. The zero-order chi connectivity index (χ0) is 20.6. The van der Waals surface area contributed by atoms with Crippen LogP contribution in [0.5, 0.6) is 11.5 Å². The third-order valence-electron chi connectivity index (χ3n) is 5.03. The van der Waals surface area contributed by atoms with Crippen molar-refractivity contribution in [1.82, 2.24) is 10.6 Å². The summed E-state index contributed by atoms with van der Waals surface area (Å²) in [4.78, 5) is 26.7. The number of carbonyl (C=O) groups excluding carboxylic acids is 2. The highest BCUT2D eigenvalue weighted by molar-refractivity contribution is 5.96. The van der Waals surface area contributed by atoms with E-state index in [9.17, 15) is 9.59 Å². The molecule has 2 aromatic rings. The number of hydrogen-bond donors (Lipinski definition) is 2. The SMILES string of the molecule is COc1cccc(C(=O)NCC(=O)NC2CCN(c3ccccc3OC)CC2)c1. The predicted molar refractivity (Wildman–Crippen MR) is 112 cm³/mol. The van der Waals surface area contributed by atoms with Crippen LogP contribution in [0.1, 0.15) is 23.2 Å². The maximum absolute atomic E-state index is 12.2. The molecule has 0 spiro atoms. The molecule has 0 atom stereocenters. The lowest BCUT2D eigenvalue weighted by molar-refractivity contribution is -0.120. The lowest BCUT2D eigenvalue weighted by Crippen LogP contribution is -2.47. The number of para-hydroxylation sites is 2. The van der Waals surface area contributed by atoms with Gasteiger partial charge in [-0.2, -0.15) is 0 Å². The Labute approximate surface area is 171 Å². The normalized spacial score (nSPS) is 14.2. The molecule has 0 aromatic heterocycles. The van der Waals surface area contributed by atoms with Gasteiger partial charge in [0.2, 0.25) is 5.91 Å². The van der Waals surface area contributed by atoms with Gasteiger partial charge in [-0.3, -0.25) is 9.59 Å². The van der Waals surface area contributed by atoms with Gasteiger partial charge in [0.15, 0.2) is 0 Å². The molecular formula is C22H27N3O4. The van der Waals surface area contributed by atoms with Gasteiger partial charge in [-0.15, -0.1) is 0 Å². The first kappa shape index (κ1) is 20.5. The van der Waals surface area contributed by atoms with E-state index in [4.69, 9.17) is 9.47 Å². The largest absolute Gasteiger partial charge is 0.497 e. The number of benzene rings is 2. The summed E-state index contributed by atoms with van der Waals surface area (Å²) in [7, 11) is 3.22. The molecule has 0 aliphatic carbocycles. The van der Waals surface area contributed by atoms with Crippen molar-refractivity contribution >= 4 is 17.5 Å². The van der Waals surface area contributed by atoms with Gasteiger partial charge in [-0.25, -0.2) is 0 Å². The molecular weight excluding hydrogens is 370 g/mol. The number of nitrogens with one attached hydrogen (secondary N) is 2. The first-order valence-electron chi connectivity index (χ1n) is 9.70. The maximum atomic E-state index is 12.2. The van der Waals surface area contributed by atoms with Crippen LogP contribution in [0.25, 0.3) is 0 Å². The monoisotopic (exact) mass is 397 g/mol. The highest BCUT2D eigenvalue weighted by atomic mass is 16.5. The Morgan fingerprint density at radius 2 is 1.79 bits per heavy atom. The second-order valence-electron chi connectivity index (χ2n) is 6.92. The van der Waals surface area contributed by atoms with Crippen LogP contribution in [0.4, 0.5) is 5.69 Å². The molecule has 1 aliphatic heterocycles. The molecule has 3 rings (SSSR count). The van der Waals surface area contributed by atoms with E-state index in [1.54, 1.807) is 38.5 Å². The molecule has 1 aliphatic rings. The summed E-state index contributed by atoms with van der Waals surface area (Å²) in [5.74, 6) is 0.973. The van der Waals surface area contributed by atoms with E-state index in [1.807, 2.05) is 24.3 Å². The summed E-state index contributed by atoms with van der Waals surface area (Å²) >= 11 is 0. The summed E-state index contributed by atoms with van der Waals surface area (Å²) in [5, 5.41) is 5.67. The Hall–Kier alpha value is -3.22. The van der Waals surface area contributed by atoms with Gasteiger partial charge in [-0.05, 0) is 43.2 Å². The number of piperidine rings is 1. The Bertz CT molecular complexity index is 847. The van der Waals surface area contributed by atoms with Gasteiger partial charge in [-0.1, -0.05) is 18.2 Å². The molecule has 29 heavy (non-hydrogen) atoms. The van der Waals surface area contributed by atoms with Crippen molar-refractivity contribution in [3.8, 4) is 11.5 Å². The summed E-state index contributed by atoms with van der Waals surface area (Å²) in [6, 6.07) is 14.9. The van der Waals surface area contributed by atoms with Gasteiger partial charge in [0.25, 0.3) is 5.91 Å². The van der Waals surface area contributed by atoms with Crippen molar-refractivity contribution in [3.63, 3.8) is 0 Å². The Kier molecular flexibility index (Phi) is 6.94. The summed E-state index contributed by atoms with van der Waals surface area (Å²) in [6.45, 7) is 1.62. The van der Waals surface area contributed by atoms with Gasteiger partial charge in [0.05, 0.1) is 26.5 Å². The van der Waals surface area contributed by atoms with E-state index >= 15 is 0 Å². The van der Waals surface area contributed by atoms with Gasteiger partial charge < -0.3 is 25.0 Å². The van der Waals surface area contributed by atoms with E-state index in [-0.39, 0.29) is 24.4 Å². The summed E-state index contributed by atoms with van der Waals surface area (Å²) < 4.78 is 10.6. The van der Waals surface area contributed by atoms with Crippen LogP contribution in [0, 0.1) is 0 Å². The average molecular weight is 397 g/mol. The number of anilines is 1. The quantitative estimate of drug-likeness (QED) is 0.749. The molecule has 2 N–H and O–H groups in total. The Balaban J connectivity index is 1.44. The van der Waals surface area contributed by atoms with E-state index in [1.165, 1.54) is 0 Å². The Morgan fingerprint density at radius 1 is 1.03 bits per heavy atom. The van der Waals surface area contributed by atoms with Crippen LogP contribution in [0.3, 0.4) is 0 Å². The molecule has 2 aromatic carbocycles. The summed E-state index contributed by atoms with van der Waals surface area (Å²) in [5.41, 5.74) is 1.53. The minimum absolute atomic E-state index is 0.0528. The minimum Gasteiger partial charge on any atom is -0.497 e. The van der Waals surface area contributed by atoms with Crippen molar-refractivity contribution in [3.05, 3.63) is 54.1 Å². The minimum atomic E-state index is -0.301. The molecule has 0 unspecified atom stereocenters. The third-order valence-corrected chi connectivity index (χ3v) is 5.03. The zero-order valence-electron chi connectivity index (χ0n) is 16.8. The second-order valence-corrected chi connectivity index (χ2v) is 6.92. The molecule has 0 saturated carbocycles. The molecule has 7 nitrogen and oxygen atoms in total. The van der Waals surface area contributed by atoms with Gasteiger partial charge in [0.1, 0.15) is 11.5 Å². The maximum Gasteiger partial charge on any atom is 0.251 e. The Morgan fingerprint density at radius 3 is 2.52 bits per heavy atom. The lowest BCUT2D eigenvalue weighted by atomic mass is 10.0. The molecule has 2 amide bonds. The molecule has 7 heteroatoms. The number of carbonyl (C=O) groups is 2. The van der Waals surface area contributed by atoms with Crippen LogP contribution >= 0.6 is 0 Å². The second kappa shape index (κ2) is 9.82. The fraction of sp³-hybridized carbons (Fsp3) is 0.364. The first-order chi connectivity index (χ1) is 14.1. The third kappa shape index (κ3) is 5.40. The van der Waals surface area contributed by atoms with Gasteiger partial charge >= 0.3 is 0 Å². The van der Waals surface area contributed by atoms with Crippen LogP contribution in [0.2, 0.25) is 0 Å². The molecule has 0 radical (unpaired) electrons. The molecule has 0 bridgehead atoms. The van der Waals surface area contributed by atoms with Crippen molar-refractivity contribution in [1.29, 1.82) is 0 Å². The van der Waals surface area contributed by atoms with Crippen LogP contribution < -0.4 is 25.0 Å². The van der Waals surface area contributed by atoms with Crippen molar-refractivity contribution in [2.24, 2.45) is 0 Å². The summed E-state index contributed by atoms with van der Waals surface area (Å²) in [6.07, 6.45) is 1.68. The van der Waals surface area contributed by atoms with Crippen LogP contribution in [-0.4, -0.2) is 51.7 Å². The highest BCUT2D eigenvalue weighted by Gasteiger charge is 2.22. The van der Waals surface area contributed by atoms with Crippen LogP contribution in [-0.2, 0) is 4.79 Å². The van der Waals surface area contributed by atoms with Gasteiger partial charge in [0, 0.05) is 24.7 Å². The van der Waals surface area contributed by atoms with Crippen molar-refractivity contribution in [2.45, 2.75) is 18.9 Å². The average Bonchev–Trinajstić information content (AvgIpc) is 2.78. The fourth-order valence-corrected chi connectivity index (χ4v) is 3.46. The van der Waals surface area contributed by atoms with Crippen LogP contribution in [0.15, 0.2) is 48.5 Å². The van der Waals surface area contributed by atoms with Crippen molar-refractivity contribution in [2.75, 3.05) is 38.8 Å². The van der Waals surface area contributed by atoms with Crippen molar-refractivity contribution < 1.29 is 19.1 Å². The number of amides is 2. The van der Waals surface area contributed by atoms with E-state index < -0.39 is 0 Å². The molecule has 1 heterocycles. The molecule has 1 fully saturated rings. The molecule has 1 saturated heterocycles. The zero-order valence-corrected chi connectivity index (χ0v) is 16.8. The smallest absolute Gasteiger partial charge is 0.251 e. The standard InChI is InChI=1S/C22H27N3O4/c1-28-18-7-5-6-16(14-18)22(27)23-15-21(26)24-17-10-12-25(13-11-17)19-8-3-4-9-20(19)29-2/h3-9,14,17H,10-13,15H2,1-2H3,(H,23,27)(H,24,26). The number of ether oxygens (including phenoxy) is 2. The van der Waals surface area contributed by atoms with E-state index in [0.29, 0.717) is 11.3 Å². The van der Waals surface area contributed by atoms with E-state index in [2.05, 4.69) is 15.5 Å². The first-order valence-corrected chi connectivity index (χ1v) is 9.70. The lowest BCUT2D eigenvalue weighted by Gasteiger charge is -2.34. The number of nitrogens with zero attached hydrogens (tertiary/aromatic N) is 1.